The summed E-state index contributed by atoms with van der Waals surface area (Å²) in [5, 5.41) is 30.2. The number of hydrogen-bond donors (Lipinski definition) is 0. The number of fused-ring (bicyclic) bond motifs is 21. The number of rotatable bonds is 12. The molecule has 0 aliphatic rings. The quantitative estimate of drug-likeness (QED) is 0.110. The van der Waals surface area contributed by atoms with Crippen LogP contribution in [-0.4, -0.2) is 44.9 Å². The number of hydrogen-bond acceptors (Lipinski definition) is 9. The summed E-state index contributed by atoms with van der Waals surface area (Å²) < 4.78 is 0. The fraction of sp³-hybridized carbons (Fsp3) is 0. The largest absolute Gasteiger partial charge is 0.208 e. The molecule has 0 aliphatic carbocycles. The molecule has 3 aromatic heterocycles. The summed E-state index contributed by atoms with van der Waals surface area (Å²) in [5.74, 6) is 5.89. The van der Waals surface area contributed by atoms with E-state index in [1.807, 2.05) is 182 Å². The lowest BCUT2D eigenvalue weighted by molar-refractivity contribution is 1.07. The first kappa shape index (κ1) is 81.4. The number of nitrogens with zero attached hydrogens (tertiary/aromatic N) is 9. The average molecular weight is 1760 g/mol. The molecule has 0 bridgehead atoms. The van der Waals surface area contributed by atoms with E-state index >= 15 is 0 Å². The van der Waals surface area contributed by atoms with E-state index < -0.39 is 0 Å². The minimum Gasteiger partial charge on any atom is -0.208 e. The molecule has 9 nitrogen and oxygen atoms in total. The van der Waals surface area contributed by atoms with Gasteiger partial charge in [-0.05, 0) is 175 Å². The van der Waals surface area contributed by atoms with Crippen LogP contribution in [0.3, 0.4) is 0 Å². The lowest BCUT2D eigenvalue weighted by Gasteiger charge is -2.15. The zero-order chi connectivity index (χ0) is 91.4. The van der Waals surface area contributed by atoms with E-state index in [0.29, 0.717) is 52.4 Å². The maximum atomic E-state index is 5.06. The fourth-order valence-corrected chi connectivity index (χ4v) is 20.1. The Morgan fingerprint density at radius 1 is 0.0942 bits per heavy atom. The van der Waals surface area contributed by atoms with Gasteiger partial charge in [0, 0.05) is 50.1 Å². The van der Waals surface area contributed by atoms with Gasteiger partial charge < -0.3 is 0 Å². The van der Waals surface area contributed by atoms with Crippen molar-refractivity contribution < 1.29 is 0 Å². The van der Waals surface area contributed by atoms with E-state index in [2.05, 4.69) is 309 Å². The molecule has 0 saturated heterocycles. The highest BCUT2D eigenvalue weighted by atomic mass is 15.1. The molecule has 27 rings (SSSR count). The van der Waals surface area contributed by atoms with E-state index in [4.69, 9.17) is 44.9 Å². The molecule has 0 spiro atoms. The molecule has 0 atom stereocenters. The van der Waals surface area contributed by atoms with Gasteiger partial charge in [-0.1, -0.05) is 479 Å². The Labute approximate surface area is 795 Å². The second-order valence-corrected chi connectivity index (χ2v) is 34.9. The predicted octanol–water partition coefficient (Wildman–Crippen LogP) is 33.5. The lowest BCUT2D eigenvalue weighted by Crippen LogP contribution is -2.01. The summed E-state index contributed by atoms with van der Waals surface area (Å²) >= 11 is 0. The summed E-state index contributed by atoms with van der Waals surface area (Å²) in [4.78, 5) is 45.0. The first-order valence-corrected chi connectivity index (χ1v) is 46.6. The van der Waals surface area contributed by atoms with Crippen LogP contribution in [0.5, 0.6) is 0 Å². The molecule has 138 heavy (non-hydrogen) atoms. The van der Waals surface area contributed by atoms with Crippen molar-refractivity contribution in [1.82, 2.24) is 44.9 Å². The molecular formula is C129H81N9. The van der Waals surface area contributed by atoms with Crippen molar-refractivity contribution in [3.05, 3.63) is 491 Å². The minimum absolute atomic E-state index is 0.651. The van der Waals surface area contributed by atoms with Crippen molar-refractivity contribution in [3.8, 4) is 136 Å². The third kappa shape index (κ3) is 15.1. The normalized spacial score (nSPS) is 11.5. The number of benzene rings is 24. The second-order valence-electron chi connectivity index (χ2n) is 34.9. The SMILES string of the molecule is c1ccc(-c2nc(-c3ccccc3)nc(-c3ccccc3-c3ccc4c(ccc5c4ccc4ccc6ccccc6c45)c3)n2)cc1.c1ccc(-c2nc(-c3ccccc3)nc(-c3ccccc3-c3ccc4ccc5ccc6c7ccccc7ccc6c5c4c3)n2)cc1.c1ccc(-c2nc(-c3ccccc3)nc(-c3ccccc3-c3cccc4c3ccc3ccc5c6ccccc6ccc5c34)n2)cc1. The molecule has 27 aromatic rings. The van der Waals surface area contributed by atoms with Gasteiger partial charge in [-0.3, -0.25) is 0 Å². The van der Waals surface area contributed by atoms with Crippen LogP contribution in [0, 0.1) is 0 Å². The van der Waals surface area contributed by atoms with Crippen molar-refractivity contribution in [3.63, 3.8) is 0 Å². The van der Waals surface area contributed by atoms with Gasteiger partial charge >= 0.3 is 0 Å². The van der Waals surface area contributed by atoms with E-state index in [0.717, 1.165) is 83.5 Å². The third-order valence-corrected chi connectivity index (χ3v) is 26.7. The van der Waals surface area contributed by atoms with E-state index in [-0.39, 0.29) is 0 Å². The Morgan fingerprint density at radius 2 is 0.319 bits per heavy atom. The van der Waals surface area contributed by atoms with Crippen molar-refractivity contribution in [1.29, 1.82) is 0 Å². The van der Waals surface area contributed by atoms with Crippen LogP contribution >= 0.6 is 0 Å². The summed E-state index contributed by atoms with van der Waals surface area (Å²) in [5.41, 5.74) is 15.3. The zero-order valence-electron chi connectivity index (χ0n) is 74.8. The molecule has 3 heterocycles. The Bertz CT molecular complexity index is 9160. The lowest BCUT2D eigenvalue weighted by atomic mass is 9.89. The summed E-state index contributed by atoms with van der Waals surface area (Å²) in [6.45, 7) is 0. The highest BCUT2D eigenvalue weighted by molar-refractivity contribution is 6.29. The van der Waals surface area contributed by atoms with Gasteiger partial charge in [0.05, 0.1) is 0 Å². The van der Waals surface area contributed by atoms with Gasteiger partial charge in [0.2, 0.25) is 0 Å². The smallest absolute Gasteiger partial charge is 0.164 e. The molecule has 24 aromatic carbocycles. The van der Waals surface area contributed by atoms with Crippen molar-refractivity contribution in [2.24, 2.45) is 0 Å². The van der Waals surface area contributed by atoms with Crippen LogP contribution in [0.4, 0.5) is 0 Å². The van der Waals surface area contributed by atoms with Gasteiger partial charge in [-0.15, -0.1) is 0 Å². The molecule has 0 saturated carbocycles. The Balaban J connectivity index is 0.000000110. The molecule has 0 unspecified atom stereocenters. The summed E-state index contributed by atoms with van der Waals surface area (Å²) in [7, 11) is 0. The van der Waals surface area contributed by atoms with Gasteiger partial charge in [0.1, 0.15) is 0 Å². The van der Waals surface area contributed by atoms with Gasteiger partial charge in [-0.25, -0.2) is 44.9 Å². The van der Waals surface area contributed by atoms with E-state index in [1.54, 1.807) is 0 Å². The second kappa shape index (κ2) is 35.2. The zero-order valence-corrected chi connectivity index (χ0v) is 74.8. The maximum Gasteiger partial charge on any atom is 0.164 e. The Hall–Kier alpha value is -18.6. The van der Waals surface area contributed by atoms with Crippen LogP contribution in [0.25, 0.3) is 265 Å². The monoisotopic (exact) mass is 1760 g/mol. The number of aromatic nitrogens is 9. The van der Waals surface area contributed by atoms with Crippen LogP contribution in [0.15, 0.2) is 491 Å². The highest BCUT2D eigenvalue weighted by Gasteiger charge is 2.24. The first-order chi connectivity index (χ1) is 68.4. The molecule has 0 aliphatic heterocycles. The minimum atomic E-state index is 0.651. The molecule has 0 amide bonds. The van der Waals surface area contributed by atoms with E-state index in [9.17, 15) is 0 Å². The third-order valence-electron chi connectivity index (χ3n) is 26.7. The van der Waals surface area contributed by atoms with Gasteiger partial charge in [0.15, 0.2) is 52.4 Å². The maximum absolute atomic E-state index is 5.06. The fourth-order valence-electron chi connectivity index (χ4n) is 20.1. The van der Waals surface area contributed by atoms with Crippen LogP contribution in [-0.2, 0) is 0 Å². The molecule has 0 radical (unpaired) electrons. The Morgan fingerprint density at radius 3 is 0.732 bits per heavy atom. The predicted molar refractivity (Wildman–Crippen MR) is 575 cm³/mol. The van der Waals surface area contributed by atoms with Gasteiger partial charge in [0.25, 0.3) is 0 Å². The Kier molecular flexibility index (Phi) is 20.8. The summed E-state index contributed by atoms with van der Waals surface area (Å²) in [6, 6.07) is 173. The topological polar surface area (TPSA) is 116 Å². The average Bonchev–Trinajstić information content (AvgIpc) is 0.737. The highest BCUT2D eigenvalue weighted by Crippen LogP contribution is 2.46. The summed E-state index contributed by atoms with van der Waals surface area (Å²) in [6.07, 6.45) is 0. The van der Waals surface area contributed by atoms with Crippen LogP contribution in [0.2, 0.25) is 0 Å². The molecule has 642 valence electrons. The standard InChI is InChI=1S/3C43H27N3/c1-3-13-30(14-4-1)41-44-42(31-15-5-2-6-16-31)46-43(45-41)39-19-10-9-18-34(39)33-20-11-21-37-36(33)26-24-29-23-25-35-32-17-8-7-12-28(32)22-27-38(35)40(29)37;1-3-12-30(13-4-1)41-44-42(31-14-5-2-6-15-31)46-43(45-41)39-18-10-9-16-34(39)32-22-24-35-33(27-32)23-26-38-37(35)25-21-29-20-19-28-11-7-8-17-36(28)40(29)38;1-3-12-31(13-4-1)41-44-42(32-14-5-2-6-15-32)46-43(45-41)38-18-10-9-17-35(38)33-22-20-29-19-21-30-24-25-36-34-16-8-7-11-28(34)23-26-37(36)40(30)39(29)27-33/h3*1-27H. The molecule has 0 N–H and O–H groups in total. The van der Waals surface area contributed by atoms with Gasteiger partial charge in [-0.2, -0.15) is 0 Å². The van der Waals surface area contributed by atoms with E-state index in [1.165, 1.54) is 129 Å². The molecular weight excluding hydrogens is 1680 g/mol. The van der Waals surface area contributed by atoms with Crippen molar-refractivity contribution in [2.75, 3.05) is 0 Å². The van der Waals surface area contributed by atoms with Crippen molar-refractivity contribution in [2.45, 2.75) is 0 Å². The van der Waals surface area contributed by atoms with Crippen molar-refractivity contribution >= 4 is 129 Å². The molecule has 0 fully saturated rings. The molecule has 9 heteroatoms. The first-order valence-electron chi connectivity index (χ1n) is 46.6. The van der Waals surface area contributed by atoms with Crippen LogP contribution in [0.1, 0.15) is 0 Å². The van der Waals surface area contributed by atoms with Crippen LogP contribution < -0.4 is 0 Å².